The first-order valence-corrected chi connectivity index (χ1v) is 9.43. The number of amides is 1. The summed E-state index contributed by atoms with van der Waals surface area (Å²) in [6, 6.07) is 6.41. The van der Waals surface area contributed by atoms with Crippen molar-refractivity contribution in [1.82, 2.24) is 10.2 Å². The first-order valence-electron chi connectivity index (χ1n) is 9.43. The number of rotatable bonds is 6. The highest BCUT2D eigenvalue weighted by molar-refractivity contribution is 5.94. The van der Waals surface area contributed by atoms with Gasteiger partial charge in [-0.1, -0.05) is 19.3 Å². The molecule has 1 aliphatic carbocycles. The molecule has 1 N–H and O–H groups in total. The number of nitrogens with zero attached hydrogens (tertiary/aromatic N) is 1. The number of ether oxygens (including phenoxy) is 1. The summed E-state index contributed by atoms with van der Waals surface area (Å²) in [7, 11) is 1.70. The topological polar surface area (TPSA) is 41.6 Å². The van der Waals surface area contributed by atoms with Gasteiger partial charge in [-0.25, -0.2) is 4.39 Å². The van der Waals surface area contributed by atoms with Crippen molar-refractivity contribution < 1.29 is 13.9 Å². The molecule has 0 aromatic heterocycles. The van der Waals surface area contributed by atoms with Crippen LogP contribution in [0, 0.1) is 5.82 Å². The van der Waals surface area contributed by atoms with Crippen LogP contribution in [0.25, 0.3) is 0 Å². The molecule has 1 saturated carbocycles. The molecule has 0 radical (unpaired) electrons. The van der Waals surface area contributed by atoms with Crippen LogP contribution in [-0.2, 0) is 4.74 Å². The van der Waals surface area contributed by atoms with Crippen LogP contribution in [-0.4, -0.2) is 49.2 Å². The van der Waals surface area contributed by atoms with Crippen molar-refractivity contribution in [1.29, 1.82) is 0 Å². The molecule has 0 spiro atoms. The van der Waals surface area contributed by atoms with Crippen LogP contribution in [0.2, 0.25) is 0 Å². The van der Waals surface area contributed by atoms with Crippen molar-refractivity contribution in [2.24, 2.45) is 0 Å². The van der Waals surface area contributed by atoms with Crippen molar-refractivity contribution in [3.63, 3.8) is 0 Å². The second kappa shape index (κ2) is 8.28. The number of carbonyl (C=O) groups excluding carboxylic acids is 1. The van der Waals surface area contributed by atoms with Gasteiger partial charge in [-0.15, -0.1) is 0 Å². The van der Waals surface area contributed by atoms with Crippen LogP contribution in [0.5, 0.6) is 0 Å². The van der Waals surface area contributed by atoms with Crippen molar-refractivity contribution in [3.05, 3.63) is 35.6 Å². The molecule has 25 heavy (non-hydrogen) atoms. The maximum absolute atomic E-state index is 13.1. The summed E-state index contributed by atoms with van der Waals surface area (Å²) in [4.78, 5) is 15.2. The van der Waals surface area contributed by atoms with Crippen LogP contribution in [0.1, 0.15) is 55.3 Å². The molecule has 2 fully saturated rings. The van der Waals surface area contributed by atoms with Gasteiger partial charge < -0.3 is 10.1 Å². The number of nitrogens with one attached hydrogen (secondary N) is 1. The number of hydrogen-bond donors (Lipinski definition) is 1. The predicted octanol–water partition coefficient (Wildman–Crippen LogP) is 3.37. The van der Waals surface area contributed by atoms with E-state index in [-0.39, 0.29) is 17.3 Å². The first-order chi connectivity index (χ1) is 12.1. The van der Waals surface area contributed by atoms with Gasteiger partial charge in [-0.2, -0.15) is 0 Å². The lowest BCUT2D eigenvalue weighted by molar-refractivity contribution is 0.0851. The lowest BCUT2D eigenvalue weighted by atomic mass is 9.92. The van der Waals surface area contributed by atoms with Crippen LogP contribution in [0.15, 0.2) is 24.3 Å². The van der Waals surface area contributed by atoms with Gasteiger partial charge in [-0.3, -0.25) is 9.69 Å². The van der Waals surface area contributed by atoms with Gasteiger partial charge >= 0.3 is 0 Å². The van der Waals surface area contributed by atoms with E-state index in [2.05, 4.69) is 10.2 Å². The lowest BCUT2D eigenvalue weighted by Crippen LogP contribution is -2.52. The molecule has 5 heteroatoms. The second-order valence-electron chi connectivity index (χ2n) is 7.50. The van der Waals surface area contributed by atoms with E-state index >= 15 is 0 Å². The van der Waals surface area contributed by atoms with Crippen molar-refractivity contribution in [2.75, 3.05) is 26.8 Å². The van der Waals surface area contributed by atoms with Crippen LogP contribution in [0.4, 0.5) is 4.39 Å². The summed E-state index contributed by atoms with van der Waals surface area (Å²) in [5, 5.41) is 3.25. The fourth-order valence-corrected chi connectivity index (χ4v) is 4.24. The summed E-state index contributed by atoms with van der Waals surface area (Å²) >= 11 is 0. The van der Waals surface area contributed by atoms with E-state index in [1.165, 1.54) is 44.2 Å². The van der Waals surface area contributed by atoms with Crippen LogP contribution < -0.4 is 5.32 Å². The maximum Gasteiger partial charge on any atom is 0.251 e. The minimum Gasteiger partial charge on any atom is -0.385 e. The average molecular weight is 348 g/mol. The number of methoxy groups -OCH3 is 1. The SMILES string of the molecule is COCCC1(NC(=O)c2ccc(F)cc2)CCN(C2CCCCC2)C1. The Morgan fingerprint density at radius 2 is 2.00 bits per heavy atom. The monoisotopic (exact) mass is 348 g/mol. The highest BCUT2D eigenvalue weighted by Gasteiger charge is 2.41. The molecule has 3 rings (SSSR count). The van der Waals surface area contributed by atoms with Gasteiger partial charge in [0.2, 0.25) is 0 Å². The molecule has 1 atom stereocenters. The molecule has 4 nitrogen and oxygen atoms in total. The van der Waals surface area contributed by atoms with E-state index in [0.29, 0.717) is 18.2 Å². The maximum atomic E-state index is 13.1. The van der Waals surface area contributed by atoms with Gasteiger partial charge in [0.15, 0.2) is 0 Å². The Morgan fingerprint density at radius 1 is 1.28 bits per heavy atom. The van der Waals surface area contributed by atoms with Gasteiger partial charge in [0, 0.05) is 38.4 Å². The minimum atomic E-state index is -0.324. The minimum absolute atomic E-state index is 0.124. The van der Waals surface area contributed by atoms with Crippen molar-refractivity contribution >= 4 is 5.91 Å². The van der Waals surface area contributed by atoms with E-state index in [9.17, 15) is 9.18 Å². The molecule has 1 aliphatic heterocycles. The fourth-order valence-electron chi connectivity index (χ4n) is 4.24. The molecule has 1 aromatic rings. The van der Waals surface area contributed by atoms with Gasteiger partial charge in [-0.05, 0) is 49.9 Å². The Bertz CT molecular complexity index is 572. The molecule has 1 amide bonds. The summed E-state index contributed by atoms with van der Waals surface area (Å²) in [5.74, 6) is -0.448. The fraction of sp³-hybridized carbons (Fsp3) is 0.650. The zero-order valence-electron chi connectivity index (χ0n) is 15.1. The Kier molecular flexibility index (Phi) is 6.07. The largest absolute Gasteiger partial charge is 0.385 e. The third kappa shape index (κ3) is 4.59. The summed E-state index contributed by atoms with van der Waals surface area (Å²) in [5.41, 5.74) is 0.258. The van der Waals surface area contributed by atoms with Gasteiger partial charge in [0.1, 0.15) is 5.82 Å². The quantitative estimate of drug-likeness (QED) is 0.857. The lowest BCUT2D eigenvalue weighted by Gasteiger charge is -2.35. The number of benzene rings is 1. The highest BCUT2D eigenvalue weighted by Crippen LogP contribution is 2.32. The molecular weight excluding hydrogens is 319 g/mol. The Morgan fingerprint density at radius 3 is 2.68 bits per heavy atom. The molecule has 0 bridgehead atoms. The molecule has 1 saturated heterocycles. The Balaban J connectivity index is 1.68. The van der Waals surface area contributed by atoms with E-state index in [1.807, 2.05) is 0 Å². The zero-order valence-corrected chi connectivity index (χ0v) is 15.1. The Hall–Kier alpha value is -1.46. The zero-order chi connectivity index (χ0) is 17.7. The van der Waals surface area contributed by atoms with Gasteiger partial charge in [0.25, 0.3) is 5.91 Å². The van der Waals surface area contributed by atoms with E-state index in [1.54, 1.807) is 19.2 Å². The Labute approximate surface area is 149 Å². The normalized spacial score (nSPS) is 25.2. The molecule has 1 unspecified atom stereocenters. The number of halogens is 1. The average Bonchev–Trinajstić information content (AvgIpc) is 3.05. The second-order valence-corrected chi connectivity index (χ2v) is 7.50. The number of hydrogen-bond acceptors (Lipinski definition) is 3. The summed E-state index contributed by atoms with van der Waals surface area (Å²) in [6.07, 6.45) is 8.26. The molecule has 1 heterocycles. The molecule has 2 aliphatic rings. The van der Waals surface area contributed by atoms with Gasteiger partial charge in [0.05, 0.1) is 5.54 Å². The van der Waals surface area contributed by atoms with E-state index in [0.717, 1.165) is 25.9 Å². The smallest absolute Gasteiger partial charge is 0.251 e. The summed E-state index contributed by atoms with van der Waals surface area (Å²) < 4.78 is 18.4. The van der Waals surface area contributed by atoms with Crippen molar-refractivity contribution in [3.8, 4) is 0 Å². The van der Waals surface area contributed by atoms with E-state index < -0.39 is 0 Å². The highest BCUT2D eigenvalue weighted by atomic mass is 19.1. The number of likely N-dealkylation sites (tertiary alicyclic amines) is 1. The first kappa shape index (κ1) is 18.3. The molecule has 138 valence electrons. The molecular formula is C20H29FN2O2. The van der Waals surface area contributed by atoms with E-state index in [4.69, 9.17) is 4.74 Å². The predicted molar refractivity (Wildman–Crippen MR) is 96.2 cm³/mol. The third-order valence-electron chi connectivity index (χ3n) is 5.74. The third-order valence-corrected chi connectivity index (χ3v) is 5.74. The summed E-state index contributed by atoms with van der Waals surface area (Å²) in [6.45, 7) is 2.54. The van der Waals surface area contributed by atoms with Crippen molar-refractivity contribution in [2.45, 2.75) is 56.5 Å². The standard InChI is InChI=1S/C20H29FN2O2/c1-25-14-12-20(22-19(24)16-7-9-17(21)10-8-16)11-13-23(15-20)18-5-3-2-4-6-18/h7-10,18H,2-6,11-15H2,1H3,(H,22,24). The van der Waals surface area contributed by atoms with Crippen LogP contribution >= 0.6 is 0 Å². The number of carbonyl (C=O) groups is 1. The molecule has 1 aromatic carbocycles. The van der Waals surface area contributed by atoms with Crippen LogP contribution in [0.3, 0.4) is 0 Å².